The number of nitrogens with one attached hydrogen (secondary N) is 1. The van der Waals surface area contributed by atoms with Gasteiger partial charge >= 0.3 is 5.97 Å². The second-order valence-corrected chi connectivity index (χ2v) is 5.86. The molecule has 0 atom stereocenters. The Morgan fingerprint density at radius 2 is 1.63 bits per heavy atom. The molecular formula is C17H16Cl2N2O6. The van der Waals surface area contributed by atoms with Crippen molar-refractivity contribution in [2.45, 2.75) is 0 Å². The molecule has 0 aliphatic carbocycles. The van der Waals surface area contributed by atoms with Gasteiger partial charge in [0.2, 0.25) is 0 Å². The quantitative estimate of drug-likeness (QED) is 0.694. The zero-order chi connectivity index (χ0) is 20.0. The summed E-state index contributed by atoms with van der Waals surface area (Å²) in [5.74, 6) is -0.400. The minimum atomic E-state index is -0.780. The van der Waals surface area contributed by atoms with Crippen LogP contribution in [0.1, 0.15) is 10.4 Å². The molecule has 0 saturated heterocycles. The number of rotatable bonds is 7. The molecule has 0 unspecified atom stereocenters. The van der Waals surface area contributed by atoms with Gasteiger partial charge < -0.3 is 24.3 Å². The molecule has 1 aromatic heterocycles. The molecule has 0 aliphatic rings. The highest BCUT2D eigenvalue weighted by molar-refractivity contribution is 6.36. The maximum atomic E-state index is 12.3. The maximum Gasteiger partial charge on any atom is 0.342 e. The van der Waals surface area contributed by atoms with E-state index < -0.39 is 18.5 Å². The second kappa shape index (κ2) is 9.29. The van der Waals surface area contributed by atoms with E-state index >= 15 is 0 Å². The summed E-state index contributed by atoms with van der Waals surface area (Å²) in [6.07, 6.45) is 1.32. The van der Waals surface area contributed by atoms with Gasteiger partial charge in [0.25, 0.3) is 5.91 Å². The summed E-state index contributed by atoms with van der Waals surface area (Å²) >= 11 is 11.7. The minimum Gasteiger partial charge on any atom is -0.496 e. The number of anilines is 1. The smallest absolute Gasteiger partial charge is 0.342 e. The number of pyridine rings is 1. The number of hydrogen-bond acceptors (Lipinski definition) is 7. The number of aromatic nitrogens is 1. The molecule has 2 rings (SSSR count). The van der Waals surface area contributed by atoms with Gasteiger partial charge in [-0.05, 0) is 6.07 Å². The van der Waals surface area contributed by atoms with Crippen molar-refractivity contribution in [1.29, 1.82) is 0 Å². The van der Waals surface area contributed by atoms with E-state index in [0.717, 1.165) is 0 Å². The SMILES string of the molecule is COc1cc(OC)c(C(=O)OCC(=O)Nc2ncc(Cl)cc2Cl)cc1OC. The Kier molecular flexibility index (Phi) is 7.09. The zero-order valence-corrected chi connectivity index (χ0v) is 16.2. The third-order valence-electron chi connectivity index (χ3n) is 3.33. The van der Waals surface area contributed by atoms with Crippen LogP contribution in [-0.2, 0) is 9.53 Å². The first kappa shape index (κ1) is 20.6. The van der Waals surface area contributed by atoms with Gasteiger partial charge in [-0.1, -0.05) is 23.2 Å². The van der Waals surface area contributed by atoms with Crippen molar-refractivity contribution in [2.24, 2.45) is 0 Å². The van der Waals surface area contributed by atoms with Crippen LogP contribution in [-0.4, -0.2) is 44.8 Å². The lowest BCUT2D eigenvalue weighted by atomic mass is 10.1. The number of carbonyl (C=O) groups is 2. The normalized spacial score (nSPS) is 10.1. The van der Waals surface area contributed by atoms with Gasteiger partial charge in [0.1, 0.15) is 11.3 Å². The van der Waals surface area contributed by atoms with Crippen molar-refractivity contribution in [2.75, 3.05) is 33.3 Å². The van der Waals surface area contributed by atoms with E-state index in [2.05, 4.69) is 10.3 Å². The van der Waals surface area contributed by atoms with E-state index in [-0.39, 0.29) is 22.2 Å². The Morgan fingerprint density at radius 1 is 1.00 bits per heavy atom. The Hall–Kier alpha value is -2.71. The number of halogens is 2. The molecule has 0 fully saturated rings. The Morgan fingerprint density at radius 3 is 2.22 bits per heavy atom. The Bertz CT molecular complexity index is 860. The molecule has 0 bridgehead atoms. The van der Waals surface area contributed by atoms with Crippen LogP contribution < -0.4 is 19.5 Å². The number of hydrogen-bond donors (Lipinski definition) is 1. The summed E-state index contributed by atoms with van der Waals surface area (Å²) < 4.78 is 20.5. The van der Waals surface area contributed by atoms with Crippen LogP contribution in [0.4, 0.5) is 5.82 Å². The van der Waals surface area contributed by atoms with Crippen molar-refractivity contribution >= 4 is 40.9 Å². The van der Waals surface area contributed by atoms with Crippen molar-refractivity contribution in [3.63, 3.8) is 0 Å². The highest BCUT2D eigenvalue weighted by Gasteiger charge is 2.20. The molecule has 144 valence electrons. The number of methoxy groups -OCH3 is 3. The van der Waals surface area contributed by atoms with E-state index in [1.807, 2.05) is 0 Å². The van der Waals surface area contributed by atoms with E-state index in [0.29, 0.717) is 16.5 Å². The Labute approximate surface area is 165 Å². The molecular weight excluding hydrogens is 399 g/mol. The van der Waals surface area contributed by atoms with Crippen LogP contribution in [0.25, 0.3) is 0 Å². The van der Waals surface area contributed by atoms with E-state index in [4.69, 9.17) is 42.1 Å². The highest BCUT2D eigenvalue weighted by Crippen LogP contribution is 2.34. The molecule has 0 saturated carbocycles. The first-order chi connectivity index (χ1) is 12.9. The van der Waals surface area contributed by atoms with Gasteiger partial charge in [0.15, 0.2) is 23.9 Å². The molecule has 10 heteroatoms. The number of nitrogens with zero attached hydrogens (tertiary/aromatic N) is 1. The average molecular weight is 415 g/mol. The molecule has 27 heavy (non-hydrogen) atoms. The number of benzene rings is 1. The third kappa shape index (κ3) is 5.15. The first-order valence-electron chi connectivity index (χ1n) is 7.47. The zero-order valence-electron chi connectivity index (χ0n) is 14.7. The van der Waals surface area contributed by atoms with Gasteiger partial charge in [-0.3, -0.25) is 4.79 Å². The predicted octanol–water partition coefficient (Wildman–Crippen LogP) is 3.21. The van der Waals surface area contributed by atoms with Crippen molar-refractivity contribution in [3.8, 4) is 17.2 Å². The number of carbonyl (C=O) groups excluding carboxylic acids is 2. The highest BCUT2D eigenvalue weighted by atomic mass is 35.5. The van der Waals surface area contributed by atoms with Gasteiger partial charge in [-0.2, -0.15) is 0 Å². The summed E-state index contributed by atoms with van der Waals surface area (Å²) in [7, 11) is 4.27. The molecule has 1 amide bonds. The van der Waals surface area contributed by atoms with E-state index in [1.165, 1.54) is 45.7 Å². The van der Waals surface area contributed by atoms with Crippen molar-refractivity contribution in [3.05, 3.63) is 40.0 Å². The predicted molar refractivity (Wildman–Crippen MR) is 99.3 cm³/mol. The molecule has 1 N–H and O–H groups in total. The van der Waals surface area contributed by atoms with Crippen LogP contribution in [0.2, 0.25) is 10.0 Å². The fourth-order valence-electron chi connectivity index (χ4n) is 2.07. The fourth-order valence-corrected chi connectivity index (χ4v) is 2.50. The van der Waals surface area contributed by atoms with Crippen LogP contribution in [0.5, 0.6) is 17.2 Å². The van der Waals surface area contributed by atoms with E-state index in [9.17, 15) is 9.59 Å². The molecule has 1 aromatic carbocycles. The number of esters is 1. The van der Waals surface area contributed by atoms with Gasteiger partial charge in [0, 0.05) is 18.3 Å². The van der Waals surface area contributed by atoms with Crippen LogP contribution in [0.15, 0.2) is 24.4 Å². The topological polar surface area (TPSA) is 96.0 Å². The summed E-state index contributed by atoms with van der Waals surface area (Å²) in [5.41, 5.74) is 0.0746. The van der Waals surface area contributed by atoms with Gasteiger partial charge in [0.05, 0.1) is 31.4 Å². The summed E-state index contributed by atoms with van der Waals surface area (Å²) in [4.78, 5) is 28.2. The lowest BCUT2D eigenvalue weighted by Gasteiger charge is -2.13. The van der Waals surface area contributed by atoms with Crippen LogP contribution >= 0.6 is 23.2 Å². The molecule has 2 aromatic rings. The monoisotopic (exact) mass is 414 g/mol. The fraction of sp³-hybridized carbons (Fsp3) is 0.235. The number of ether oxygens (including phenoxy) is 4. The lowest BCUT2D eigenvalue weighted by Crippen LogP contribution is -2.22. The largest absolute Gasteiger partial charge is 0.496 e. The lowest BCUT2D eigenvalue weighted by molar-refractivity contribution is -0.119. The van der Waals surface area contributed by atoms with Crippen molar-refractivity contribution < 1.29 is 28.5 Å². The third-order valence-corrected chi connectivity index (χ3v) is 3.82. The van der Waals surface area contributed by atoms with Crippen LogP contribution in [0, 0.1) is 0 Å². The standard InChI is InChI=1S/C17H16Cl2N2O6/c1-24-12-6-14(26-3)13(25-2)5-10(12)17(23)27-8-15(22)21-16-11(19)4-9(18)7-20-16/h4-7H,8H2,1-3H3,(H,20,21,22). The molecule has 0 radical (unpaired) electrons. The summed E-state index contributed by atoms with van der Waals surface area (Å²) in [6.45, 7) is -0.559. The molecule has 0 aliphatic heterocycles. The average Bonchev–Trinajstić information content (AvgIpc) is 2.67. The van der Waals surface area contributed by atoms with Crippen LogP contribution in [0.3, 0.4) is 0 Å². The number of amides is 1. The molecule has 0 spiro atoms. The van der Waals surface area contributed by atoms with Crippen molar-refractivity contribution in [1.82, 2.24) is 4.98 Å². The minimum absolute atomic E-state index is 0.0746. The van der Waals surface area contributed by atoms with Gasteiger partial charge in [-0.15, -0.1) is 0 Å². The Balaban J connectivity index is 2.07. The molecule has 8 nitrogen and oxygen atoms in total. The van der Waals surface area contributed by atoms with E-state index in [1.54, 1.807) is 0 Å². The second-order valence-electron chi connectivity index (χ2n) is 5.02. The van der Waals surface area contributed by atoms with Gasteiger partial charge in [-0.25, -0.2) is 9.78 Å². The maximum absolute atomic E-state index is 12.3. The molecule has 1 heterocycles. The first-order valence-corrected chi connectivity index (χ1v) is 8.23. The summed E-state index contributed by atoms with van der Waals surface area (Å²) in [6, 6.07) is 4.30. The summed E-state index contributed by atoms with van der Waals surface area (Å²) in [5, 5.41) is 2.90.